The van der Waals surface area contributed by atoms with Gasteiger partial charge >= 0.3 is 15.6 Å². The summed E-state index contributed by atoms with van der Waals surface area (Å²) >= 11 is 0. The predicted octanol–water partition coefficient (Wildman–Crippen LogP) is 1.66. The highest BCUT2D eigenvalue weighted by molar-refractivity contribution is 7.87. The highest BCUT2D eigenvalue weighted by Crippen LogP contribution is 2.30. The number of rotatable bonds is 2. The number of ketones is 1. The van der Waals surface area contributed by atoms with Crippen molar-refractivity contribution in [2.75, 3.05) is 0 Å². The molecule has 0 N–H and O–H groups in total. The Labute approximate surface area is 100 Å². The van der Waals surface area contributed by atoms with Gasteiger partial charge in [-0.15, -0.1) is 0 Å². The van der Waals surface area contributed by atoms with Crippen molar-refractivity contribution in [3.8, 4) is 0 Å². The minimum Gasteiger partial charge on any atom is -0.291 e. The third-order valence-electron chi connectivity index (χ3n) is 2.51. The van der Waals surface area contributed by atoms with Crippen molar-refractivity contribution in [3.05, 3.63) is 35.4 Å². The van der Waals surface area contributed by atoms with Gasteiger partial charge in [0.2, 0.25) is 0 Å². The van der Waals surface area contributed by atoms with E-state index in [9.17, 15) is 26.4 Å². The molecule has 1 aliphatic rings. The highest BCUT2D eigenvalue weighted by atomic mass is 32.2. The van der Waals surface area contributed by atoms with Crippen LogP contribution in [0.3, 0.4) is 0 Å². The fourth-order valence-electron chi connectivity index (χ4n) is 1.69. The van der Waals surface area contributed by atoms with Crippen LogP contribution in [0.1, 0.15) is 15.9 Å². The highest BCUT2D eigenvalue weighted by Gasteiger charge is 2.50. The largest absolute Gasteiger partial charge is 0.523 e. The Morgan fingerprint density at radius 3 is 2.39 bits per heavy atom. The molecule has 1 aromatic rings. The van der Waals surface area contributed by atoms with E-state index in [1.165, 1.54) is 18.2 Å². The molecule has 1 unspecified atom stereocenters. The van der Waals surface area contributed by atoms with Crippen molar-refractivity contribution >= 4 is 15.9 Å². The molecule has 0 aliphatic heterocycles. The summed E-state index contributed by atoms with van der Waals surface area (Å²) in [5, 5.41) is 0. The van der Waals surface area contributed by atoms with Crippen LogP contribution < -0.4 is 0 Å². The smallest absolute Gasteiger partial charge is 0.291 e. The van der Waals surface area contributed by atoms with Gasteiger partial charge < -0.3 is 0 Å². The molecule has 1 aromatic carbocycles. The predicted molar refractivity (Wildman–Crippen MR) is 54.3 cm³/mol. The number of Topliss-reactive ketones (excluding diaryl/α,β-unsaturated/α-hetero) is 1. The standard InChI is InChI=1S/C10H7F3O4S/c11-10(12,13)18(15,16)17-8-5-6-3-1-2-4-7(6)9(8)14/h1-4,8H,5H2. The third-order valence-corrected chi connectivity index (χ3v) is 3.56. The van der Waals surface area contributed by atoms with E-state index in [0.717, 1.165) is 0 Å². The molecule has 0 aromatic heterocycles. The van der Waals surface area contributed by atoms with Crippen molar-refractivity contribution in [1.82, 2.24) is 0 Å². The quantitative estimate of drug-likeness (QED) is 0.610. The van der Waals surface area contributed by atoms with Crippen molar-refractivity contribution in [2.45, 2.75) is 18.0 Å². The van der Waals surface area contributed by atoms with Crippen LogP contribution in [0.25, 0.3) is 0 Å². The minimum absolute atomic E-state index is 0.176. The lowest BCUT2D eigenvalue weighted by molar-refractivity contribution is -0.0560. The van der Waals surface area contributed by atoms with E-state index in [4.69, 9.17) is 0 Å². The number of hydrogen-bond acceptors (Lipinski definition) is 4. The molecule has 1 aliphatic carbocycles. The minimum atomic E-state index is -5.75. The zero-order chi connectivity index (χ0) is 13.6. The maximum atomic E-state index is 12.1. The van der Waals surface area contributed by atoms with Gasteiger partial charge in [-0.1, -0.05) is 24.3 Å². The van der Waals surface area contributed by atoms with Crippen molar-refractivity contribution in [3.63, 3.8) is 0 Å². The summed E-state index contributed by atoms with van der Waals surface area (Å²) in [5.41, 5.74) is -4.85. The van der Waals surface area contributed by atoms with Gasteiger partial charge in [0, 0.05) is 12.0 Å². The second-order valence-corrected chi connectivity index (χ2v) is 5.27. The molecule has 0 radical (unpaired) electrons. The first-order valence-electron chi connectivity index (χ1n) is 4.84. The molecule has 2 rings (SSSR count). The number of fused-ring (bicyclic) bond motifs is 1. The van der Waals surface area contributed by atoms with E-state index in [-0.39, 0.29) is 12.0 Å². The second kappa shape index (κ2) is 4.06. The summed E-state index contributed by atoms with van der Waals surface area (Å²) in [7, 11) is -5.75. The molecule has 0 amide bonds. The number of alkyl halides is 3. The van der Waals surface area contributed by atoms with E-state index >= 15 is 0 Å². The molecule has 0 saturated heterocycles. The van der Waals surface area contributed by atoms with E-state index in [2.05, 4.69) is 4.18 Å². The first kappa shape index (κ1) is 13.0. The molecule has 1 atom stereocenters. The van der Waals surface area contributed by atoms with E-state index < -0.39 is 27.5 Å². The van der Waals surface area contributed by atoms with Crippen molar-refractivity contribution in [2.24, 2.45) is 0 Å². The number of hydrogen-bond donors (Lipinski definition) is 0. The lowest BCUT2D eigenvalue weighted by atomic mass is 10.1. The Bertz CT molecular complexity index is 591. The Balaban J connectivity index is 2.24. The molecular weight excluding hydrogens is 273 g/mol. The Morgan fingerprint density at radius 1 is 1.22 bits per heavy atom. The number of benzene rings is 1. The molecular formula is C10H7F3O4S. The Kier molecular flexibility index (Phi) is 2.94. The topological polar surface area (TPSA) is 60.4 Å². The lowest BCUT2D eigenvalue weighted by Crippen LogP contribution is -2.32. The summed E-state index contributed by atoms with van der Waals surface area (Å²) in [4.78, 5) is 11.6. The van der Waals surface area contributed by atoms with E-state index in [1.807, 2.05) is 0 Å². The van der Waals surface area contributed by atoms with Crippen LogP contribution >= 0.6 is 0 Å². The zero-order valence-electron chi connectivity index (χ0n) is 8.77. The Hall–Kier alpha value is -1.41. The van der Waals surface area contributed by atoms with E-state index in [0.29, 0.717) is 5.56 Å². The molecule has 8 heteroatoms. The normalized spacial score (nSPS) is 19.9. The number of carbonyl (C=O) groups is 1. The van der Waals surface area contributed by atoms with Crippen LogP contribution in [0.4, 0.5) is 13.2 Å². The molecule has 18 heavy (non-hydrogen) atoms. The average Bonchev–Trinajstić information content (AvgIpc) is 2.54. The monoisotopic (exact) mass is 280 g/mol. The summed E-state index contributed by atoms with van der Waals surface area (Å²) < 4.78 is 61.9. The summed E-state index contributed by atoms with van der Waals surface area (Å²) in [5.74, 6) is -0.751. The molecule has 0 saturated carbocycles. The van der Waals surface area contributed by atoms with Gasteiger partial charge in [-0.2, -0.15) is 21.6 Å². The van der Waals surface area contributed by atoms with Crippen LogP contribution in [-0.2, 0) is 20.7 Å². The lowest BCUT2D eigenvalue weighted by Gasteiger charge is -2.12. The van der Waals surface area contributed by atoms with Gasteiger partial charge in [0.15, 0.2) is 5.78 Å². The van der Waals surface area contributed by atoms with Crippen LogP contribution in [0.15, 0.2) is 24.3 Å². The summed E-state index contributed by atoms with van der Waals surface area (Å²) in [6, 6.07) is 6.10. The van der Waals surface area contributed by atoms with Crippen molar-refractivity contribution in [1.29, 1.82) is 0 Å². The average molecular weight is 280 g/mol. The van der Waals surface area contributed by atoms with Gasteiger partial charge in [0.1, 0.15) is 6.10 Å². The fourth-order valence-corrected chi connectivity index (χ4v) is 2.26. The number of halogens is 3. The summed E-state index contributed by atoms with van der Waals surface area (Å²) in [6.07, 6.45) is -1.81. The van der Waals surface area contributed by atoms with Gasteiger partial charge in [-0.3, -0.25) is 8.98 Å². The van der Waals surface area contributed by atoms with Crippen LogP contribution in [0.2, 0.25) is 0 Å². The first-order chi connectivity index (χ1) is 8.22. The molecule has 98 valence electrons. The van der Waals surface area contributed by atoms with Gasteiger partial charge in [0.25, 0.3) is 0 Å². The van der Waals surface area contributed by atoms with Gasteiger partial charge in [-0.25, -0.2) is 0 Å². The molecule has 0 bridgehead atoms. The molecule has 0 spiro atoms. The second-order valence-electron chi connectivity index (χ2n) is 3.71. The van der Waals surface area contributed by atoms with Crippen LogP contribution in [0, 0.1) is 0 Å². The zero-order valence-corrected chi connectivity index (χ0v) is 9.59. The molecule has 0 fully saturated rings. The fraction of sp³-hybridized carbons (Fsp3) is 0.300. The van der Waals surface area contributed by atoms with Crippen LogP contribution in [0.5, 0.6) is 0 Å². The van der Waals surface area contributed by atoms with Crippen molar-refractivity contribution < 1.29 is 30.6 Å². The van der Waals surface area contributed by atoms with E-state index in [1.54, 1.807) is 6.07 Å². The third kappa shape index (κ3) is 2.13. The van der Waals surface area contributed by atoms with Gasteiger partial charge in [-0.05, 0) is 5.56 Å². The first-order valence-corrected chi connectivity index (χ1v) is 6.25. The van der Waals surface area contributed by atoms with Crippen LogP contribution in [-0.4, -0.2) is 25.8 Å². The number of carbonyl (C=O) groups excluding carboxylic acids is 1. The maximum absolute atomic E-state index is 12.1. The maximum Gasteiger partial charge on any atom is 0.523 e. The molecule has 4 nitrogen and oxygen atoms in total. The van der Waals surface area contributed by atoms with Gasteiger partial charge in [0.05, 0.1) is 0 Å². The SMILES string of the molecule is O=C1c2ccccc2CC1OS(=O)(=O)C(F)(F)F. The summed E-state index contributed by atoms with van der Waals surface area (Å²) in [6.45, 7) is 0. The molecule has 0 heterocycles. The Morgan fingerprint density at radius 2 is 1.83 bits per heavy atom.